The number of nitrogens with one attached hydrogen (secondary N) is 1. The Hall–Kier alpha value is -3.35. The van der Waals surface area contributed by atoms with Gasteiger partial charge >= 0.3 is 0 Å². The quantitative estimate of drug-likeness (QED) is 0.794. The van der Waals surface area contributed by atoms with Crippen molar-refractivity contribution < 1.29 is 13.7 Å². The van der Waals surface area contributed by atoms with Crippen molar-refractivity contribution in [3.63, 3.8) is 0 Å². The first-order valence-corrected chi connectivity index (χ1v) is 7.65. The van der Waals surface area contributed by atoms with Gasteiger partial charge in [-0.3, -0.25) is 4.79 Å². The van der Waals surface area contributed by atoms with Crippen molar-refractivity contribution in [1.29, 1.82) is 0 Å². The molecule has 4 rings (SSSR count). The largest absolute Gasteiger partial charge is 0.351 e. The third-order valence-electron chi connectivity index (χ3n) is 3.88. The van der Waals surface area contributed by atoms with Gasteiger partial charge in [-0.1, -0.05) is 11.2 Å². The summed E-state index contributed by atoms with van der Waals surface area (Å²) in [5, 5.41) is 6.14. The Morgan fingerprint density at radius 1 is 1.28 bits per heavy atom. The van der Waals surface area contributed by atoms with E-state index < -0.39 is 11.7 Å². The fraction of sp³-hybridized carbons (Fsp3) is 0.111. The number of nitrogens with zero attached hydrogens (tertiary/aromatic N) is 3. The summed E-state index contributed by atoms with van der Waals surface area (Å²) in [4.78, 5) is 20.7. The molecule has 0 fully saturated rings. The summed E-state index contributed by atoms with van der Waals surface area (Å²) in [6.45, 7) is 1.95. The molecule has 1 aliphatic rings. The number of aryl methyl sites for hydroxylation is 1. The van der Waals surface area contributed by atoms with E-state index in [1.807, 2.05) is 13.0 Å². The zero-order valence-electron chi connectivity index (χ0n) is 13.3. The summed E-state index contributed by atoms with van der Waals surface area (Å²) in [5.74, 6) is -0.169. The van der Waals surface area contributed by atoms with E-state index in [9.17, 15) is 9.18 Å². The Morgan fingerprint density at radius 2 is 2.16 bits per heavy atom. The average Bonchev–Trinajstić information content (AvgIpc) is 3.25. The van der Waals surface area contributed by atoms with E-state index in [0.717, 1.165) is 11.1 Å². The van der Waals surface area contributed by atoms with Crippen molar-refractivity contribution in [3.05, 3.63) is 71.0 Å². The Balaban J connectivity index is 1.62. The number of anilines is 1. The number of aliphatic imine (C=N–C) groups is 1. The van der Waals surface area contributed by atoms with Crippen LogP contribution in [0, 0.1) is 12.7 Å². The van der Waals surface area contributed by atoms with E-state index in [1.54, 1.807) is 12.3 Å². The molecule has 1 aromatic carbocycles. The number of fused-ring (bicyclic) bond motifs is 1. The van der Waals surface area contributed by atoms with Gasteiger partial charge in [0.1, 0.15) is 5.82 Å². The van der Waals surface area contributed by atoms with E-state index in [0.29, 0.717) is 29.2 Å². The molecule has 0 saturated carbocycles. The van der Waals surface area contributed by atoms with Gasteiger partial charge in [-0.2, -0.15) is 0 Å². The molecule has 0 bridgehead atoms. The third kappa shape index (κ3) is 2.91. The number of hydrogen-bond acceptors (Lipinski definition) is 5. The van der Waals surface area contributed by atoms with Crippen molar-refractivity contribution in [2.75, 3.05) is 5.32 Å². The smallest absolute Gasteiger partial charge is 0.294 e. The molecule has 0 aliphatic carbocycles. The molecule has 1 N–H and O–H groups in total. The molecule has 124 valence electrons. The maximum atomic E-state index is 14.3. The first kappa shape index (κ1) is 15.2. The molecule has 0 atom stereocenters. The summed E-state index contributed by atoms with van der Waals surface area (Å²) < 4.78 is 19.1. The molecule has 3 heterocycles. The molecular formula is C18H13FN4O2. The lowest BCUT2D eigenvalue weighted by Gasteiger charge is -2.07. The topological polar surface area (TPSA) is 80.4 Å². The lowest BCUT2D eigenvalue weighted by molar-refractivity contribution is 0.0988. The first-order chi connectivity index (χ1) is 12.1. The van der Waals surface area contributed by atoms with E-state index in [-0.39, 0.29) is 5.76 Å². The molecule has 1 amide bonds. The van der Waals surface area contributed by atoms with Gasteiger partial charge in [-0.25, -0.2) is 14.4 Å². The van der Waals surface area contributed by atoms with Gasteiger partial charge in [0.2, 0.25) is 5.76 Å². The number of benzene rings is 1. The molecule has 0 radical (unpaired) electrons. The van der Waals surface area contributed by atoms with Crippen LogP contribution in [0.2, 0.25) is 0 Å². The molecule has 2 aromatic heterocycles. The first-order valence-electron chi connectivity index (χ1n) is 7.65. The van der Waals surface area contributed by atoms with Crippen LogP contribution < -0.4 is 5.32 Å². The zero-order chi connectivity index (χ0) is 17.4. The summed E-state index contributed by atoms with van der Waals surface area (Å²) in [5.41, 5.74) is 3.36. The lowest BCUT2D eigenvalue weighted by Crippen LogP contribution is -2.12. The van der Waals surface area contributed by atoms with Crippen LogP contribution in [0.5, 0.6) is 0 Å². The van der Waals surface area contributed by atoms with Crippen LogP contribution in [-0.2, 0) is 6.42 Å². The lowest BCUT2D eigenvalue weighted by atomic mass is 10.0. The summed E-state index contributed by atoms with van der Waals surface area (Å²) >= 11 is 0. The number of hydrogen-bond donors (Lipinski definition) is 1. The van der Waals surface area contributed by atoms with Gasteiger partial charge in [0.25, 0.3) is 5.91 Å². The van der Waals surface area contributed by atoms with Gasteiger partial charge in [0.15, 0.2) is 5.82 Å². The predicted molar refractivity (Wildman–Crippen MR) is 89.7 cm³/mol. The molecular weight excluding hydrogens is 323 g/mol. The van der Waals surface area contributed by atoms with Gasteiger partial charge in [-0.15, -0.1) is 0 Å². The van der Waals surface area contributed by atoms with Crippen molar-refractivity contribution in [2.24, 2.45) is 4.99 Å². The van der Waals surface area contributed by atoms with Gasteiger partial charge in [0.05, 0.1) is 11.9 Å². The maximum absolute atomic E-state index is 14.3. The van der Waals surface area contributed by atoms with Crippen molar-refractivity contribution >= 4 is 23.1 Å². The maximum Gasteiger partial charge on any atom is 0.294 e. The minimum atomic E-state index is -0.455. The second kappa shape index (κ2) is 5.94. The highest BCUT2D eigenvalue weighted by Crippen LogP contribution is 2.29. The molecule has 3 aromatic rings. The zero-order valence-corrected chi connectivity index (χ0v) is 13.3. The van der Waals surface area contributed by atoms with Gasteiger partial charge in [-0.05, 0) is 30.7 Å². The minimum Gasteiger partial charge on any atom is -0.351 e. The third-order valence-corrected chi connectivity index (χ3v) is 3.88. The van der Waals surface area contributed by atoms with E-state index in [1.165, 1.54) is 24.4 Å². The number of amides is 1. The monoisotopic (exact) mass is 336 g/mol. The highest BCUT2D eigenvalue weighted by molar-refractivity contribution is 6.08. The number of pyridine rings is 1. The molecule has 7 heteroatoms. The van der Waals surface area contributed by atoms with Crippen LogP contribution in [0.25, 0.3) is 0 Å². The Kier molecular flexibility index (Phi) is 3.61. The summed E-state index contributed by atoms with van der Waals surface area (Å²) in [6, 6.07) is 7.78. The molecule has 1 aliphatic heterocycles. The van der Waals surface area contributed by atoms with E-state index >= 15 is 0 Å². The van der Waals surface area contributed by atoms with Crippen LogP contribution >= 0.6 is 0 Å². The van der Waals surface area contributed by atoms with Crippen LogP contribution in [0.4, 0.5) is 15.9 Å². The standard InChI is InChI=1S/C18H13FN4O2/c1-10-6-11-7-15(23-17(11)20-9-10)13-8-12(2-3-14(13)19)22-18(24)16-4-5-21-25-16/h2-6,8-9H,7H2,1H3,(H,22,24). The van der Waals surface area contributed by atoms with Crippen LogP contribution in [0.3, 0.4) is 0 Å². The second-order valence-corrected chi connectivity index (χ2v) is 5.76. The Bertz CT molecular complexity index is 996. The molecule has 0 unspecified atom stereocenters. The Morgan fingerprint density at radius 3 is 2.96 bits per heavy atom. The number of aromatic nitrogens is 2. The summed E-state index contributed by atoms with van der Waals surface area (Å²) in [7, 11) is 0. The number of carbonyl (C=O) groups excluding carboxylic acids is 1. The fourth-order valence-corrected chi connectivity index (χ4v) is 2.71. The van der Waals surface area contributed by atoms with Crippen LogP contribution in [-0.4, -0.2) is 21.8 Å². The van der Waals surface area contributed by atoms with E-state index in [4.69, 9.17) is 4.52 Å². The molecule has 25 heavy (non-hydrogen) atoms. The van der Waals surface area contributed by atoms with Crippen LogP contribution in [0.15, 0.2) is 52.2 Å². The number of halogens is 1. The SMILES string of the molecule is Cc1cnc2c(c1)CC(c1cc(NC(=O)c3ccno3)ccc1F)=N2. The molecule has 6 nitrogen and oxygen atoms in total. The van der Waals surface area contributed by atoms with Crippen molar-refractivity contribution in [2.45, 2.75) is 13.3 Å². The fourth-order valence-electron chi connectivity index (χ4n) is 2.71. The Labute approximate surface area is 142 Å². The molecule has 0 saturated heterocycles. The predicted octanol–water partition coefficient (Wildman–Crippen LogP) is 3.45. The highest BCUT2D eigenvalue weighted by atomic mass is 19.1. The average molecular weight is 336 g/mol. The highest BCUT2D eigenvalue weighted by Gasteiger charge is 2.21. The minimum absolute atomic E-state index is 0.0798. The normalized spacial score (nSPS) is 12.6. The summed E-state index contributed by atoms with van der Waals surface area (Å²) in [6.07, 6.45) is 3.61. The van der Waals surface area contributed by atoms with Crippen molar-refractivity contribution in [1.82, 2.24) is 10.1 Å². The van der Waals surface area contributed by atoms with Gasteiger partial charge < -0.3 is 9.84 Å². The number of carbonyl (C=O) groups is 1. The van der Waals surface area contributed by atoms with E-state index in [2.05, 4.69) is 20.4 Å². The van der Waals surface area contributed by atoms with Crippen molar-refractivity contribution in [3.8, 4) is 0 Å². The second-order valence-electron chi connectivity index (χ2n) is 5.76. The number of rotatable bonds is 3. The van der Waals surface area contributed by atoms with Gasteiger partial charge in [0, 0.05) is 35.5 Å². The molecule has 0 spiro atoms. The van der Waals surface area contributed by atoms with Crippen LogP contribution in [0.1, 0.15) is 27.2 Å².